The first kappa shape index (κ1) is 11.2. The molecule has 0 heterocycles. The smallest absolute Gasteiger partial charge is 0.338 e. The van der Waals surface area contributed by atoms with E-state index in [0.717, 1.165) is 12.3 Å². The minimum absolute atomic E-state index is 0.229. The Bertz CT molecular complexity index is 295. The van der Waals surface area contributed by atoms with Gasteiger partial charge in [0.15, 0.2) is 6.61 Å². The van der Waals surface area contributed by atoms with Gasteiger partial charge in [0, 0.05) is 6.04 Å². The number of carboxylic acids is 1. The van der Waals surface area contributed by atoms with E-state index < -0.39 is 18.6 Å². The maximum atomic E-state index is 11.3. The highest BCUT2D eigenvalue weighted by molar-refractivity contribution is 5.73. The molecule has 2 rings (SSSR count). The molecule has 0 aliphatic heterocycles. The van der Waals surface area contributed by atoms with E-state index in [1.807, 2.05) is 0 Å². The molecule has 0 spiro atoms. The molecular weight excluding hydrogens is 212 g/mol. The van der Waals surface area contributed by atoms with Crippen LogP contribution in [0.3, 0.4) is 0 Å². The lowest BCUT2D eigenvalue weighted by molar-refractivity contribution is -0.144. The molecule has 0 aromatic rings. The van der Waals surface area contributed by atoms with Gasteiger partial charge >= 0.3 is 12.0 Å². The van der Waals surface area contributed by atoms with Crippen molar-refractivity contribution in [2.45, 2.75) is 31.7 Å². The second kappa shape index (κ2) is 4.69. The van der Waals surface area contributed by atoms with E-state index >= 15 is 0 Å². The minimum atomic E-state index is -1.11. The van der Waals surface area contributed by atoms with Crippen LogP contribution in [0.4, 0.5) is 4.79 Å². The van der Waals surface area contributed by atoms with Crippen LogP contribution < -0.4 is 10.8 Å². The fraction of sp³-hybridized carbons (Fsp3) is 0.800. The second-order valence-electron chi connectivity index (χ2n) is 4.54. The molecule has 2 bridgehead atoms. The lowest BCUT2D eigenvalue weighted by Crippen LogP contribution is -2.44. The molecule has 0 radical (unpaired) electrons. The molecule has 0 saturated heterocycles. The summed E-state index contributed by atoms with van der Waals surface area (Å²) in [6.45, 7) is -0.524. The summed E-state index contributed by atoms with van der Waals surface area (Å²) < 4.78 is 0. The molecule has 3 unspecified atom stereocenters. The van der Waals surface area contributed by atoms with Gasteiger partial charge < -0.3 is 10.4 Å². The SMILES string of the molecule is O=C(O)CONC(=O)NC1CC2CCC1C2. The van der Waals surface area contributed by atoms with Crippen molar-refractivity contribution in [3.63, 3.8) is 0 Å². The van der Waals surface area contributed by atoms with E-state index in [2.05, 4.69) is 15.6 Å². The summed E-state index contributed by atoms with van der Waals surface area (Å²) in [5.74, 6) is 0.241. The van der Waals surface area contributed by atoms with Crippen LogP contribution >= 0.6 is 0 Å². The number of nitrogens with one attached hydrogen (secondary N) is 2. The molecule has 6 nitrogen and oxygen atoms in total. The van der Waals surface area contributed by atoms with Crippen LogP contribution in [0, 0.1) is 11.8 Å². The average Bonchev–Trinajstić information content (AvgIpc) is 2.78. The number of hydroxylamine groups is 1. The summed E-state index contributed by atoms with van der Waals surface area (Å²) in [5, 5.41) is 11.1. The molecule has 3 atom stereocenters. The van der Waals surface area contributed by atoms with Crippen LogP contribution in [0.5, 0.6) is 0 Å². The third kappa shape index (κ3) is 2.63. The number of carboxylic acid groups (broad SMARTS) is 1. The van der Waals surface area contributed by atoms with Crippen LogP contribution in [0.25, 0.3) is 0 Å². The standard InChI is InChI=1S/C10H16N2O4/c13-9(14)5-16-12-10(15)11-8-4-6-1-2-7(8)3-6/h6-8H,1-5H2,(H,13,14)(H2,11,12,15). The predicted molar refractivity (Wildman–Crippen MR) is 54.5 cm³/mol. The van der Waals surface area contributed by atoms with Crippen molar-refractivity contribution < 1.29 is 19.5 Å². The Kier molecular flexibility index (Phi) is 3.28. The Balaban J connectivity index is 1.66. The highest BCUT2D eigenvalue weighted by atomic mass is 16.7. The van der Waals surface area contributed by atoms with Crippen molar-refractivity contribution in [2.24, 2.45) is 11.8 Å². The van der Waals surface area contributed by atoms with Gasteiger partial charge in [-0.1, -0.05) is 6.42 Å². The zero-order chi connectivity index (χ0) is 11.5. The summed E-state index contributed by atoms with van der Waals surface area (Å²) in [5.41, 5.74) is 2.07. The van der Waals surface area contributed by atoms with Crippen LogP contribution in [-0.4, -0.2) is 29.8 Å². The Morgan fingerprint density at radius 2 is 2.12 bits per heavy atom. The minimum Gasteiger partial charge on any atom is -0.479 e. The number of rotatable bonds is 4. The third-order valence-electron chi connectivity index (χ3n) is 3.42. The molecule has 16 heavy (non-hydrogen) atoms. The molecule has 2 amide bonds. The Hall–Kier alpha value is -1.30. The third-order valence-corrected chi connectivity index (χ3v) is 3.42. The van der Waals surface area contributed by atoms with E-state index in [0.29, 0.717) is 5.92 Å². The number of hydrogen-bond acceptors (Lipinski definition) is 3. The van der Waals surface area contributed by atoms with Crippen LogP contribution in [-0.2, 0) is 9.63 Å². The summed E-state index contributed by atoms with van der Waals surface area (Å²) in [7, 11) is 0. The van der Waals surface area contributed by atoms with E-state index in [4.69, 9.17) is 5.11 Å². The Labute approximate surface area is 93.3 Å². The first-order chi connectivity index (χ1) is 7.65. The van der Waals surface area contributed by atoms with E-state index in [1.54, 1.807) is 0 Å². The van der Waals surface area contributed by atoms with Gasteiger partial charge in [-0.25, -0.2) is 15.1 Å². The highest BCUT2D eigenvalue weighted by Crippen LogP contribution is 2.44. The van der Waals surface area contributed by atoms with Crippen LogP contribution in [0.2, 0.25) is 0 Å². The zero-order valence-electron chi connectivity index (χ0n) is 8.94. The average molecular weight is 228 g/mol. The summed E-state index contributed by atoms with van der Waals surface area (Å²) in [6.07, 6.45) is 4.71. The van der Waals surface area contributed by atoms with Gasteiger partial charge in [0.25, 0.3) is 0 Å². The number of carbonyl (C=O) groups is 2. The van der Waals surface area contributed by atoms with E-state index in [9.17, 15) is 9.59 Å². The van der Waals surface area contributed by atoms with Crippen molar-refractivity contribution in [3.05, 3.63) is 0 Å². The van der Waals surface area contributed by atoms with Gasteiger partial charge in [-0.15, -0.1) is 0 Å². The van der Waals surface area contributed by atoms with Gasteiger partial charge in [-0.2, -0.15) is 0 Å². The van der Waals surface area contributed by atoms with E-state index in [-0.39, 0.29) is 6.04 Å². The number of amides is 2. The maximum Gasteiger partial charge on any atom is 0.338 e. The van der Waals surface area contributed by atoms with Crippen molar-refractivity contribution >= 4 is 12.0 Å². The predicted octanol–water partition coefficient (Wildman–Crippen LogP) is 0.490. The summed E-state index contributed by atoms with van der Waals surface area (Å²) >= 11 is 0. The number of carbonyl (C=O) groups excluding carboxylic acids is 1. The second-order valence-corrected chi connectivity index (χ2v) is 4.54. The molecular formula is C10H16N2O4. The summed E-state index contributed by atoms with van der Waals surface area (Å²) in [6, 6.07) is -0.217. The fourth-order valence-electron chi connectivity index (χ4n) is 2.78. The van der Waals surface area contributed by atoms with Gasteiger partial charge in [-0.3, -0.25) is 4.84 Å². The molecule has 2 saturated carbocycles. The molecule has 0 aromatic heterocycles. The fourth-order valence-corrected chi connectivity index (χ4v) is 2.78. The highest BCUT2D eigenvalue weighted by Gasteiger charge is 2.40. The van der Waals surface area contributed by atoms with Crippen molar-refractivity contribution in [1.29, 1.82) is 0 Å². The first-order valence-corrected chi connectivity index (χ1v) is 5.55. The normalized spacial score (nSPS) is 31.4. The van der Waals surface area contributed by atoms with Gasteiger partial charge in [-0.05, 0) is 31.1 Å². The molecule has 2 fully saturated rings. The van der Waals surface area contributed by atoms with Gasteiger partial charge in [0.1, 0.15) is 0 Å². The van der Waals surface area contributed by atoms with Crippen LogP contribution in [0.1, 0.15) is 25.7 Å². The molecule has 0 aromatic carbocycles. The lowest BCUT2D eigenvalue weighted by Gasteiger charge is -2.22. The maximum absolute atomic E-state index is 11.3. The topological polar surface area (TPSA) is 87.7 Å². The van der Waals surface area contributed by atoms with Crippen LogP contribution in [0.15, 0.2) is 0 Å². The van der Waals surface area contributed by atoms with E-state index in [1.165, 1.54) is 19.3 Å². The number of fused-ring (bicyclic) bond motifs is 2. The number of aliphatic carboxylic acids is 1. The Morgan fingerprint density at radius 3 is 2.69 bits per heavy atom. The molecule has 2 aliphatic carbocycles. The Morgan fingerprint density at radius 1 is 1.31 bits per heavy atom. The molecule has 90 valence electrons. The number of urea groups is 1. The van der Waals surface area contributed by atoms with Gasteiger partial charge in [0.2, 0.25) is 0 Å². The number of hydrogen-bond donors (Lipinski definition) is 3. The first-order valence-electron chi connectivity index (χ1n) is 5.55. The lowest BCUT2D eigenvalue weighted by atomic mass is 9.95. The van der Waals surface area contributed by atoms with Crippen molar-refractivity contribution in [3.8, 4) is 0 Å². The largest absolute Gasteiger partial charge is 0.479 e. The molecule has 6 heteroatoms. The quantitative estimate of drug-likeness (QED) is 0.611. The summed E-state index contributed by atoms with van der Waals surface area (Å²) in [4.78, 5) is 25.9. The van der Waals surface area contributed by atoms with Crippen molar-refractivity contribution in [1.82, 2.24) is 10.8 Å². The zero-order valence-corrected chi connectivity index (χ0v) is 8.94. The van der Waals surface area contributed by atoms with Gasteiger partial charge in [0.05, 0.1) is 0 Å². The van der Waals surface area contributed by atoms with Crippen molar-refractivity contribution in [2.75, 3.05) is 6.61 Å². The monoisotopic (exact) mass is 228 g/mol. The molecule has 2 aliphatic rings. The molecule has 3 N–H and O–H groups in total.